The van der Waals surface area contributed by atoms with Gasteiger partial charge in [0.05, 0.1) is 151 Å². The number of carbonyl (C=O) groups excluding carboxylic acids is 1. The Hall–Kier alpha value is -2.01. The van der Waals surface area contributed by atoms with Gasteiger partial charge in [0.1, 0.15) is 6.61 Å². The van der Waals surface area contributed by atoms with Crippen LogP contribution in [0, 0.1) is 0 Å². The smallest absolute Gasteiger partial charge is 0.338 e. The molecule has 13 heteroatoms. The van der Waals surface area contributed by atoms with Gasteiger partial charge in [-0.25, -0.2) is 4.79 Å². The Labute approximate surface area is 268 Å². The van der Waals surface area contributed by atoms with Crippen molar-refractivity contribution in [1.82, 2.24) is 0 Å². The Bertz CT molecular complexity index is 754. The Kier molecular flexibility index (Phi) is 31.8. The molecule has 0 heterocycles. The summed E-state index contributed by atoms with van der Waals surface area (Å²) in [5, 5.41) is 0. The maximum absolute atomic E-state index is 11.8. The van der Waals surface area contributed by atoms with E-state index in [2.05, 4.69) is 6.58 Å². The first kappa shape index (κ1) is 41.0. The van der Waals surface area contributed by atoms with Gasteiger partial charge in [-0.05, 0) is 12.1 Å². The lowest BCUT2D eigenvalue weighted by molar-refractivity contribution is -0.0278. The van der Waals surface area contributed by atoms with Gasteiger partial charge in [-0.2, -0.15) is 0 Å². The molecule has 0 N–H and O–H groups in total. The summed E-state index contributed by atoms with van der Waals surface area (Å²) in [5.74, 6) is -0.357. The highest BCUT2D eigenvalue weighted by atomic mass is 16.6. The Morgan fingerprint density at radius 3 is 0.978 bits per heavy atom. The van der Waals surface area contributed by atoms with Crippen molar-refractivity contribution in [2.45, 2.75) is 0 Å². The van der Waals surface area contributed by atoms with Gasteiger partial charge in [-0.3, -0.25) is 0 Å². The standard InChI is InChI=1S/C32H54O13/c1-2-8-34-9-10-35-11-12-36-13-14-37-15-16-38-17-18-39-19-20-40-21-22-41-23-24-42-25-26-43-27-28-44-29-30-45-32(33)31-6-4-3-5-7-31/h2-7H,1,8-30H2. The molecule has 0 aromatic heterocycles. The molecule has 1 aromatic carbocycles. The molecule has 0 fully saturated rings. The molecular formula is C32H54O13. The van der Waals surface area contributed by atoms with Crippen molar-refractivity contribution in [1.29, 1.82) is 0 Å². The molecule has 0 unspecified atom stereocenters. The molecule has 0 saturated carbocycles. The van der Waals surface area contributed by atoms with E-state index in [1.807, 2.05) is 6.07 Å². The van der Waals surface area contributed by atoms with Crippen molar-refractivity contribution >= 4 is 5.97 Å². The van der Waals surface area contributed by atoms with Gasteiger partial charge in [-0.15, -0.1) is 6.58 Å². The van der Waals surface area contributed by atoms with Gasteiger partial charge < -0.3 is 56.8 Å². The van der Waals surface area contributed by atoms with Crippen LogP contribution in [0.4, 0.5) is 0 Å². The van der Waals surface area contributed by atoms with Crippen LogP contribution in [-0.2, 0) is 56.8 Å². The number of carbonyl (C=O) groups is 1. The van der Waals surface area contributed by atoms with Crippen LogP contribution >= 0.6 is 0 Å². The second kappa shape index (κ2) is 34.9. The normalized spacial score (nSPS) is 11.2. The summed E-state index contributed by atoms with van der Waals surface area (Å²) in [6.07, 6.45) is 1.71. The van der Waals surface area contributed by atoms with Crippen molar-refractivity contribution in [2.75, 3.05) is 152 Å². The summed E-state index contributed by atoms with van der Waals surface area (Å²) in [7, 11) is 0. The molecule has 0 bridgehead atoms. The third-order valence-corrected chi connectivity index (χ3v) is 5.43. The third kappa shape index (κ3) is 30.4. The van der Waals surface area contributed by atoms with Crippen LogP contribution in [0.15, 0.2) is 43.0 Å². The molecule has 0 aliphatic heterocycles. The summed E-state index contributed by atoms with van der Waals surface area (Å²) >= 11 is 0. The van der Waals surface area contributed by atoms with Gasteiger partial charge in [0.15, 0.2) is 0 Å². The predicted molar refractivity (Wildman–Crippen MR) is 166 cm³/mol. The van der Waals surface area contributed by atoms with Crippen molar-refractivity contribution in [3.05, 3.63) is 48.6 Å². The van der Waals surface area contributed by atoms with E-state index in [0.29, 0.717) is 151 Å². The van der Waals surface area contributed by atoms with Crippen LogP contribution in [0.2, 0.25) is 0 Å². The minimum Gasteiger partial charge on any atom is -0.460 e. The number of hydrogen-bond acceptors (Lipinski definition) is 13. The quantitative estimate of drug-likeness (QED) is 0.0601. The topological polar surface area (TPSA) is 128 Å². The summed E-state index contributed by atoms with van der Waals surface area (Å²) in [5.41, 5.74) is 0.525. The summed E-state index contributed by atoms with van der Waals surface area (Å²) < 4.78 is 64.7. The second-order valence-electron chi connectivity index (χ2n) is 8.99. The van der Waals surface area contributed by atoms with Crippen molar-refractivity contribution in [2.24, 2.45) is 0 Å². The molecule has 1 aromatic rings. The average Bonchev–Trinajstić information content (AvgIpc) is 3.06. The van der Waals surface area contributed by atoms with Crippen LogP contribution in [0.3, 0.4) is 0 Å². The number of benzene rings is 1. The summed E-state index contributed by atoms with van der Waals surface area (Å²) in [6.45, 7) is 14.6. The molecule has 0 aliphatic carbocycles. The molecule has 0 aliphatic rings. The predicted octanol–water partition coefficient (Wildman–Crippen LogP) is 2.21. The fourth-order valence-electron chi connectivity index (χ4n) is 3.22. The van der Waals surface area contributed by atoms with Gasteiger partial charge in [0, 0.05) is 0 Å². The second-order valence-corrected chi connectivity index (χ2v) is 8.99. The lowest BCUT2D eigenvalue weighted by atomic mass is 10.2. The monoisotopic (exact) mass is 646 g/mol. The fraction of sp³-hybridized carbons (Fsp3) is 0.719. The summed E-state index contributed by atoms with van der Waals surface area (Å²) in [4.78, 5) is 11.8. The first-order valence-corrected chi connectivity index (χ1v) is 15.5. The van der Waals surface area contributed by atoms with Gasteiger partial charge in [-0.1, -0.05) is 24.3 Å². The molecule has 13 nitrogen and oxygen atoms in total. The number of ether oxygens (including phenoxy) is 12. The van der Waals surface area contributed by atoms with Crippen molar-refractivity contribution in [3.8, 4) is 0 Å². The molecule has 260 valence electrons. The lowest BCUT2D eigenvalue weighted by Crippen LogP contribution is -2.15. The first-order chi connectivity index (χ1) is 22.3. The van der Waals surface area contributed by atoms with Crippen LogP contribution in [0.25, 0.3) is 0 Å². The van der Waals surface area contributed by atoms with E-state index < -0.39 is 0 Å². The zero-order chi connectivity index (χ0) is 32.1. The highest BCUT2D eigenvalue weighted by molar-refractivity contribution is 5.89. The van der Waals surface area contributed by atoms with E-state index in [1.165, 1.54) is 0 Å². The van der Waals surface area contributed by atoms with Crippen molar-refractivity contribution in [3.63, 3.8) is 0 Å². The van der Waals surface area contributed by atoms with E-state index in [-0.39, 0.29) is 12.6 Å². The zero-order valence-corrected chi connectivity index (χ0v) is 26.7. The average molecular weight is 647 g/mol. The van der Waals surface area contributed by atoms with Gasteiger partial charge in [0.25, 0.3) is 0 Å². The van der Waals surface area contributed by atoms with E-state index in [0.717, 1.165) is 0 Å². The van der Waals surface area contributed by atoms with Crippen LogP contribution in [0.1, 0.15) is 10.4 Å². The van der Waals surface area contributed by atoms with E-state index in [9.17, 15) is 4.79 Å². The van der Waals surface area contributed by atoms with E-state index in [1.54, 1.807) is 30.3 Å². The van der Waals surface area contributed by atoms with E-state index >= 15 is 0 Å². The Balaban J connectivity index is 1.63. The minimum atomic E-state index is -0.357. The third-order valence-electron chi connectivity index (χ3n) is 5.43. The summed E-state index contributed by atoms with van der Waals surface area (Å²) in [6, 6.07) is 8.85. The highest BCUT2D eigenvalue weighted by Crippen LogP contribution is 2.00. The lowest BCUT2D eigenvalue weighted by Gasteiger charge is -2.09. The Morgan fingerprint density at radius 1 is 0.422 bits per heavy atom. The van der Waals surface area contributed by atoms with Crippen molar-refractivity contribution < 1.29 is 61.6 Å². The number of esters is 1. The number of hydrogen-bond donors (Lipinski definition) is 0. The van der Waals surface area contributed by atoms with Gasteiger partial charge >= 0.3 is 5.97 Å². The highest BCUT2D eigenvalue weighted by Gasteiger charge is 2.05. The molecule has 0 spiro atoms. The fourth-order valence-corrected chi connectivity index (χ4v) is 3.22. The molecule has 0 atom stereocenters. The van der Waals surface area contributed by atoms with Crippen LogP contribution in [0.5, 0.6) is 0 Å². The van der Waals surface area contributed by atoms with E-state index in [4.69, 9.17) is 56.8 Å². The Morgan fingerprint density at radius 2 is 0.689 bits per heavy atom. The minimum absolute atomic E-state index is 0.202. The SMILES string of the molecule is C=CCOCCOCCOCCOCCOCCOCCOCCOCCOCCOCCOCCOC(=O)c1ccccc1. The van der Waals surface area contributed by atoms with Crippen LogP contribution < -0.4 is 0 Å². The van der Waals surface area contributed by atoms with Crippen LogP contribution in [-0.4, -0.2) is 158 Å². The number of rotatable bonds is 36. The largest absolute Gasteiger partial charge is 0.460 e. The first-order valence-electron chi connectivity index (χ1n) is 15.5. The molecule has 0 amide bonds. The maximum atomic E-state index is 11.8. The molecule has 0 radical (unpaired) electrons. The molecular weight excluding hydrogens is 592 g/mol. The molecule has 0 saturated heterocycles. The molecule has 45 heavy (non-hydrogen) atoms. The zero-order valence-electron chi connectivity index (χ0n) is 26.7. The van der Waals surface area contributed by atoms with Gasteiger partial charge in [0.2, 0.25) is 0 Å². The maximum Gasteiger partial charge on any atom is 0.338 e. The molecule has 1 rings (SSSR count).